The Labute approximate surface area is 170 Å². The average molecular weight is 399 g/mol. The van der Waals surface area contributed by atoms with Crippen molar-refractivity contribution < 1.29 is 13.2 Å². The maximum atomic E-state index is 13.1. The van der Waals surface area contributed by atoms with Gasteiger partial charge >= 0.3 is 6.18 Å². The Balaban J connectivity index is 1.52. The van der Waals surface area contributed by atoms with Crippen molar-refractivity contribution in [2.75, 3.05) is 0 Å². The molecule has 4 rings (SSSR count). The van der Waals surface area contributed by atoms with Crippen LogP contribution in [0.2, 0.25) is 0 Å². The summed E-state index contributed by atoms with van der Waals surface area (Å²) in [7, 11) is 0. The Bertz CT molecular complexity index is 569. The van der Waals surface area contributed by atoms with Crippen molar-refractivity contribution in [3.05, 3.63) is 0 Å². The highest BCUT2D eigenvalue weighted by atomic mass is 19.4. The molecule has 4 aliphatic carbocycles. The van der Waals surface area contributed by atoms with Gasteiger partial charge in [-0.2, -0.15) is 13.2 Å². The van der Waals surface area contributed by atoms with Crippen LogP contribution in [0.3, 0.4) is 0 Å². The minimum absolute atomic E-state index is 0.148. The Morgan fingerprint density at radius 1 is 0.893 bits per heavy atom. The van der Waals surface area contributed by atoms with E-state index in [9.17, 15) is 13.2 Å². The second kappa shape index (κ2) is 7.19. The first-order valence-electron chi connectivity index (χ1n) is 12.1. The van der Waals surface area contributed by atoms with Crippen molar-refractivity contribution in [1.82, 2.24) is 0 Å². The summed E-state index contributed by atoms with van der Waals surface area (Å²) < 4.78 is 39.2. The molecule has 0 radical (unpaired) electrons. The van der Waals surface area contributed by atoms with Gasteiger partial charge in [0.25, 0.3) is 0 Å². The highest BCUT2D eigenvalue weighted by Crippen LogP contribution is 2.68. The molecule has 0 spiro atoms. The summed E-state index contributed by atoms with van der Waals surface area (Å²) in [5.41, 5.74) is 0.654. The fourth-order valence-corrected chi connectivity index (χ4v) is 9.20. The predicted molar refractivity (Wildman–Crippen MR) is 109 cm³/mol. The first-order chi connectivity index (χ1) is 13.1. The van der Waals surface area contributed by atoms with Crippen LogP contribution in [0.5, 0.6) is 0 Å². The molecule has 3 heteroatoms. The first kappa shape index (κ1) is 21.0. The van der Waals surface area contributed by atoms with Crippen molar-refractivity contribution in [3.63, 3.8) is 0 Å². The fourth-order valence-electron chi connectivity index (χ4n) is 9.20. The van der Waals surface area contributed by atoms with Crippen LogP contribution in [0.25, 0.3) is 0 Å². The maximum Gasteiger partial charge on any atom is 0.389 e. The smallest absolute Gasteiger partial charge is 0.171 e. The van der Waals surface area contributed by atoms with Crippen LogP contribution in [0, 0.1) is 52.3 Å². The van der Waals surface area contributed by atoms with Gasteiger partial charge in [-0.1, -0.05) is 34.1 Å². The van der Waals surface area contributed by atoms with Gasteiger partial charge < -0.3 is 0 Å². The van der Waals surface area contributed by atoms with Crippen LogP contribution < -0.4 is 0 Å². The lowest BCUT2D eigenvalue weighted by atomic mass is 9.44. The van der Waals surface area contributed by atoms with Gasteiger partial charge in [0.1, 0.15) is 0 Å². The first-order valence-corrected chi connectivity index (χ1v) is 12.1. The molecule has 0 aromatic carbocycles. The van der Waals surface area contributed by atoms with E-state index in [0.717, 1.165) is 30.1 Å². The molecule has 0 aromatic rings. The quantitative estimate of drug-likeness (QED) is 0.449. The van der Waals surface area contributed by atoms with E-state index in [0.29, 0.717) is 11.3 Å². The fraction of sp³-hybridized carbons (Fsp3) is 1.00. The largest absolute Gasteiger partial charge is 0.389 e. The summed E-state index contributed by atoms with van der Waals surface area (Å²) in [6.07, 6.45) is 8.34. The summed E-state index contributed by atoms with van der Waals surface area (Å²) in [4.78, 5) is 0. The molecule has 0 amide bonds. The Kier molecular flexibility index (Phi) is 5.40. The third kappa shape index (κ3) is 3.35. The van der Waals surface area contributed by atoms with Crippen molar-refractivity contribution in [1.29, 1.82) is 0 Å². The van der Waals surface area contributed by atoms with E-state index in [4.69, 9.17) is 0 Å². The molecule has 0 saturated heterocycles. The lowest BCUT2D eigenvalue weighted by Crippen LogP contribution is -2.53. The van der Waals surface area contributed by atoms with E-state index < -0.39 is 12.6 Å². The van der Waals surface area contributed by atoms with Gasteiger partial charge in [0.15, 0.2) is 0 Å². The Morgan fingerprint density at radius 2 is 1.57 bits per heavy atom. The molecule has 0 heterocycles. The average Bonchev–Trinajstić information content (AvgIpc) is 2.97. The summed E-state index contributed by atoms with van der Waals surface area (Å²) in [6.45, 7) is 9.20. The zero-order valence-electron chi connectivity index (χ0n) is 18.5. The number of alkyl halides is 3. The SMILES string of the molecule is CC[C@H]1CC[C@]2(C)C3CC[C@@]4(C)C(CCC4[C@@H](C)CC(F)(F)F)[C@@H]3CC[C@@H]2C1. The molecule has 0 aromatic heterocycles. The third-order valence-corrected chi connectivity index (χ3v) is 10.7. The lowest BCUT2D eigenvalue weighted by Gasteiger charge is -2.61. The third-order valence-electron chi connectivity index (χ3n) is 10.7. The maximum absolute atomic E-state index is 13.1. The molecule has 4 aliphatic rings. The minimum atomic E-state index is -4.02. The van der Waals surface area contributed by atoms with E-state index >= 15 is 0 Å². The lowest BCUT2D eigenvalue weighted by molar-refractivity contribution is -0.156. The van der Waals surface area contributed by atoms with Crippen LogP contribution >= 0.6 is 0 Å². The van der Waals surface area contributed by atoms with E-state index in [2.05, 4.69) is 20.8 Å². The van der Waals surface area contributed by atoms with E-state index in [1.54, 1.807) is 0 Å². The molecular formula is C25H41F3. The van der Waals surface area contributed by atoms with Crippen LogP contribution in [0.15, 0.2) is 0 Å². The monoisotopic (exact) mass is 398 g/mol. The number of hydrogen-bond acceptors (Lipinski definition) is 0. The van der Waals surface area contributed by atoms with Gasteiger partial charge in [-0.3, -0.25) is 0 Å². The van der Waals surface area contributed by atoms with Crippen molar-refractivity contribution in [2.45, 2.75) is 105 Å². The standard InChI is InChI=1S/C25H41F3/c1-5-17-10-12-23(3)18(14-17)6-7-19-21-9-8-20(16(2)15-25(26,27)28)24(21,4)13-11-22(19)23/h16-22H,5-15H2,1-4H3/t16-,17-,18+,19-,20?,21?,22?,23-,24+/m0/s1. The van der Waals surface area contributed by atoms with E-state index in [-0.39, 0.29) is 17.3 Å². The molecule has 162 valence electrons. The van der Waals surface area contributed by atoms with Crippen LogP contribution in [-0.2, 0) is 0 Å². The Hall–Kier alpha value is -0.210. The number of rotatable bonds is 3. The second-order valence-electron chi connectivity index (χ2n) is 11.7. The summed E-state index contributed by atoms with van der Waals surface area (Å²) in [6, 6.07) is 0. The van der Waals surface area contributed by atoms with Crippen LogP contribution in [0.1, 0.15) is 98.3 Å². The van der Waals surface area contributed by atoms with Gasteiger partial charge in [0.05, 0.1) is 0 Å². The molecule has 4 saturated carbocycles. The van der Waals surface area contributed by atoms with Crippen molar-refractivity contribution in [2.24, 2.45) is 52.3 Å². The minimum Gasteiger partial charge on any atom is -0.171 e. The van der Waals surface area contributed by atoms with Gasteiger partial charge in [-0.05, 0) is 110 Å². The molecule has 4 fully saturated rings. The van der Waals surface area contributed by atoms with E-state index in [1.807, 2.05) is 6.92 Å². The van der Waals surface area contributed by atoms with Crippen LogP contribution in [0.4, 0.5) is 13.2 Å². The molecule has 0 bridgehead atoms. The van der Waals surface area contributed by atoms with Gasteiger partial charge in [-0.15, -0.1) is 0 Å². The molecule has 0 aliphatic heterocycles. The molecule has 28 heavy (non-hydrogen) atoms. The normalized spacial score (nSPS) is 49.8. The van der Waals surface area contributed by atoms with Crippen molar-refractivity contribution >= 4 is 0 Å². The zero-order chi connectivity index (χ0) is 20.3. The molecular weight excluding hydrogens is 357 g/mol. The topological polar surface area (TPSA) is 0 Å². The molecule has 0 N–H and O–H groups in total. The summed E-state index contributed by atoms with van der Waals surface area (Å²) >= 11 is 0. The number of hydrogen-bond donors (Lipinski definition) is 0. The second-order valence-corrected chi connectivity index (χ2v) is 11.7. The van der Waals surface area contributed by atoms with Gasteiger partial charge in [0.2, 0.25) is 0 Å². The van der Waals surface area contributed by atoms with E-state index in [1.165, 1.54) is 57.8 Å². The number of fused-ring (bicyclic) bond motifs is 5. The zero-order valence-corrected chi connectivity index (χ0v) is 18.5. The molecule has 3 unspecified atom stereocenters. The van der Waals surface area contributed by atoms with Gasteiger partial charge in [-0.25, -0.2) is 0 Å². The van der Waals surface area contributed by atoms with Crippen molar-refractivity contribution in [3.8, 4) is 0 Å². The van der Waals surface area contributed by atoms with Crippen LogP contribution in [-0.4, -0.2) is 6.18 Å². The number of halogens is 3. The molecule has 9 atom stereocenters. The summed E-state index contributed by atoms with van der Waals surface area (Å²) in [5.74, 6) is 4.16. The highest BCUT2D eigenvalue weighted by Gasteiger charge is 2.60. The highest BCUT2D eigenvalue weighted by molar-refractivity contribution is 5.09. The Morgan fingerprint density at radius 3 is 2.25 bits per heavy atom. The predicted octanol–water partition coefficient (Wildman–Crippen LogP) is 8.26. The van der Waals surface area contributed by atoms with Gasteiger partial charge in [0, 0.05) is 6.42 Å². The summed E-state index contributed by atoms with van der Waals surface area (Å²) in [5, 5.41) is 0. The molecule has 0 nitrogen and oxygen atoms in total.